The summed E-state index contributed by atoms with van der Waals surface area (Å²) in [5.41, 5.74) is 0. The number of quaternary nitrogens is 1. The third kappa shape index (κ3) is 40.5. The molecule has 2 N–H and O–H groups in total. The summed E-state index contributed by atoms with van der Waals surface area (Å²) >= 11 is 0. The fourth-order valence-corrected chi connectivity index (χ4v) is 6.86. The second-order valence-corrected chi connectivity index (χ2v) is 17.8. The van der Waals surface area contributed by atoms with Crippen LogP contribution in [-0.2, 0) is 18.4 Å². The highest BCUT2D eigenvalue weighted by Crippen LogP contribution is 2.38. The van der Waals surface area contributed by atoms with Gasteiger partial charge in [0, 0.05) is 6.42 Å². The first kappa shape index (κ1) is 53.5. The van der Waals surface area contributed by atoms with Crippen molar-refractivity contribution in [3.8, 4) is 0 Å². The zero-order chi connectivity index (χ0) is 40.7. The van der Waals surface area contributed by atoms with E-state index in [1.54, 1.807) is 6.08 Å². The molecule has 0 aliphatic rings. The molecule has 0 aliphatic heterocycles. The Hall–Kier alpha value is -1.54. The number of amides is 1. The Labute approximate surface area is 339 Å². The number of hydrogen-bond acceptors (Lipinski definition) is 6. The van der Waals surface area contributed by atoms with E-state index in [0.29, 0.717) is 17.4 Å². The normalized spacial score (nSPS) is 14.8. The van der Waals surface area contributed by atoms with Crippen LogP contribution in [0.3, 0.4) is 0 Å². The molecule has 0 saturated carbocycles. The van der Waals surface area contributed by atoms with Crippen LogP contribution in [0.4, 0.5) is 0 Å². The summed E-state index contributed by atoms with van der Waals surface area (Å²) in [6.45, 7) is 4.59. The predicted molar refractivity (Wildman–Crippen MR) is 233 cm³/mol. The number of nitrogens with zero attached hydrogens (tertiary/aromatic N) is 1. The number of carbonyl (C=O) groups is 1. The fraction of sp³-hybridized carbons (Fsp3) is 0.804. The van der Waals surface area contributed by atoms with Gasteiger partial charge >= 0.3 is 0 Å². The van der Waals surface area contributed by atoms with Crippen LogP contribution in [0.15, 0.2) is 48.6 Å². The monoisotopic (exact) mass is 795 g/mol. The summed E-state index contributed by atoms with van der Waals surface area (Å²) in [5, 5.41) is 13.7. The molecule has 0 rings (SSSR count). The van der Waals surface area contributed by atoms with E-state index in [9.17, 15) is 19.4 Å². The number of nitrogens with one attached hydrogen (secondary N) is 1. The zero-order valence-electron chi connectivity index (χ0n) is 36.4. The summed E-state index contributed by atoms with van der Waals surface area (Å²) in [6, 6.07) is -0.910. The summed E-state index contributed by atoms with van der Waals surface area (Å²) in [7, 11) is 1.23. The van der Waals surface area contributed by atoms with Gasteiger partial charge in [-0.1, -0.05) is 165 Å². The highest BCUT2D eigenvalue weighted by atomic mass is 31.2. The minimum absolute atomic E-state index is 0.0105. The highest BCUT2D eigenvalue weighted by Gasteiger charge is 2.23. The van der Waals surface area contributed by atoms with Crippen molar-refractivity contribution in [3.05, 3.63) is 48.6 Å². The maximum Gasteiger partial charge on any atom is 0.268 e. The van der Waals surface area contributed by atoms with Crippen molar-refractivity contribution in [2.75, 3.05) is 40.9 Å². The lowest BCUT2D eigenvalue weighted by atomic mass is 10.1. The number of unbranched alkanes of at least 4 members (excludes halogenated alkanes) is 21. The Morgan fingerprint density at radius 2 is 1.07 bits per heavy atom. The second kappa shape index (κ2) is 38.0. The van der Waals surface area contributed by atoms with Gasteiger partial charge in [0.05, 0.1) is 39.9 Å². The van der Waals surface area contributed by atoms with Crippen molar-refractivity contribution < 1.29 is 32.9 Å². The van der Waals surface area contributed by atoms with Gasteiger partial charge in [-0.15, -0.1) is 0 Å². The Bertz CT molecular complexity index is 1040. The van der Waals surface area contributed by atoms with E-state index in [4.69, 9.17) is 9.05 Å². The fourth-order valence-electron chi connectivity index (χ4n) is 6.14. The number of hydrogen-bond donors (Lipinski definition) is 2. The first-order chi connectivity index (χ1) is 26.5. The van der Waals surface area contributed by atoms with Crippen LogP contribution in [0.1, 0.15) is 187 Å². The molecule has 322 valence electrons. The minimum Gasteiger partial charge on any atom is -0.756 e. The van der Waals surface area contributed by atoms with Crippen LogP contribution in [0.25, 0.3) is 0 Å². The summed E-state index contributed by atoms with van der Waals surface area (Å²) in [5.74, 6) is -0.223. The molecule has 0 saturated heterocycles. The molecule has 55 heavy (non-hydrogen) atoms. The topological polar surface area (TPSA) is 108 Å². The van der Waals surface area contributed by atoms with E-state index in [1.807, 2.05) is 27.2 Å². The molecule has 8 nitrogen and oxygen atoms in total. The largest absolute Gasteiger partial charge is 0.756 e. The van der Waals surface area contributed by atoms with Gasteiger partial charge in [-0.25, -0.2) is 0 Å². The van der Waals surface area contributed by atoms with E-state index in [2.05, 4.69) is 55.6 Å². The lowest BCUT2D eigenvalue weighted by Gasteiger charge is -2.29. The molecule has 0 radical (unpaired) electrons. The van der Waals surface area contributed by atoms with Crippen LogP contribution >= 0.6 is 7.82 Å². The first-order valence-corrected chi connectivity index (χ1v) is 24.0. The van der Waals surface area contributed by atoms with E-state index in [1.165, 1.54) is 103 Å². The summed E-state index contributed by atoms with van der Waals surface area (Å²) in [6.07, 6.45) is 47.3. The Morgan fingerprint density at radius 3 is 1.60 bits per heavy atom. The average molecular weight is 795 g/mol. The van der Waals surface area contributed by atoms with Crippen molar-refractivity contribution in [1.29, 1.82) is 0 Å². The van der Waals surface area contributed by atoms with E-state index >= 15 is 0 Å². The molecule has 0 aromatic rings. The molecule has 0 fully saturated rings. The lowest BCUT2D eigenvalue weighted by molar-refractivity contribution is -0.870. The Morgan fingerprint density at radius 1 is 0.636 bits per heavy atom. The molecular formula is C46H87N2O6P. The molecule has 0 aromatic heterocycles. The van der Waals surface area contributed by atoms with Gasteiger partial charge in [0.25, 0.3) is 7.82 Å². The lowest BCUT2D eigenvalue weighted by Crippen LogP contribution is -2.45. The van der Waals surface area contributed by atoms with Crippen LogP contribution in [0.5, 0.6) is 0 Å². The van der Waals surface area contributed by atoms with Gasteiger partial charge < -0.3 is 28.8 Å². The predicted octanol–water partition coefficient (Wildman–Crippen LogP) is 11.8. The maximum atomic E-state index is 12.8. The van der Waals surface area contributed by atoms with Crippen LogP contribution in [-0.4, -0.2) is 68.5 Å². The highest BCUT2D eigenvalue weighted by molar-refractivity contribution is 7.45. The van der Waals surface area contributed by atoms with Gasteiger partial charge in [-0.3, -0.25) is 9.36 Å². The van der Waals surface area contributed by atoms with Gasteiger partial charge in [-0.05, 0) is 64.2 Å². The number of phosphoric acid groups is 1. The number of aliphatic hydroxyl groups excluding tert-OH is 1. The number of aliphatic hydroxyl groups is 1. The molecule has 0 aromatic carbocycles. The van der Waals surface area contributed by atoms with Crippen molar-refractivity contribution in [2.45, 2.75) is 199 Å². The zero-order valence-corrected chi connectivity index (χ0v) is 37.3. The first-order valence-electron chi connectivity index (χ1n) is 22.5. The quantitative estimate of drug-likeness (QED) is 0.0277. The van der Waals surface area contributed by atoms with E-state index in [-0.39, 0.29) is 12.5 Å². The van der Waals surface area contributed by atoms with Gasteiger partial charge in [0.2, 0.25) is 5.91 Å². The molecule has 0 bridgehead atoms. The Balaban J connectivity index is 4.51. The Kier molecular flexibility index (Phi) is 36.9. The number of rotatable bonds is 40. The summed E-state index contributed by atoms with van der Waals surface area (Å²) in [4.78, 5) is 25.3. The maximum absolute atomic E-state index is 12.8. The van der Waals surface area contributed by atoms with Gasteiger partial charge in [-0.2, -0.15) is 0 Å². The molecule has 9 heteroatoms. The van der Waals surface area contributed by atoms with Gasteiger partial charge in [0.15, 0.2) is 0 Å². The molecule has 0 heterocycles. The molecule has 3 unspecified atom stereocenters. The van der Waals surface area contributed by atoms with Crippen molar-refractivity contribution >= 4 is 13.7 Å². The molecule has 3 atom stereocenters. The average Bonchev–Trinajstić information content (AvgIpc) is 3.13. The van der Waals surface area contributed by atoms with Crippen LogP contribution in [0.2, 0.25) is 0 Å². The number of allylic oxidation sites excluding steroid dienone is 7. The SMILES string of the molecule is CCCCCC/C=C\C/C=C\CCCCCCCC(=O)NC(COP(=O)([O-])OCC[N+](C)(C)C)C(O)/C=C/CC/C=C/CCCCCCCCCCCCC. The standard InChI is InChI=1S/C46H87N2O6P/c1-6-8-10-12-14-16-18-20-22-24-25-27-29-31-33-35-37-39-45(49)44(43-54-55(51,52)53-42-41-48(3,4)5)47-46(50)40-38-36-34-32-30-28-26-23-21-19-17-15-13-11-9-7-2/h17,19,23,26,29,31,37,39,44-45,49H,6-16,18,20-22,24-25,27-28,30,32-36,38,40-43H2,1-5H3,(H-,47,50,51,52)/b19-17-,26-23-,31-29+,39-37+. The second-order valence-electron chi connectivity index (χ2n) is 16.4. The van der Waals surface area contributed by atoms with Crippen LogP contribution in [0, 0.1) is 0 Å². The van der Waals surface area contributed by atoms with Crippen molar-refractivity contribution in [2.24, 2.45) is 0 Å². The van der Waals surface area contributed by atoms with Crippen LogP contribution < -0.4 is 10.2 Å². The number of likely N-dealkylation sites (N-methyl/N-ethyl adjacent to an activating group) is 1. The number of phosphoric ester groups is 1. The summed E-state index contributed by atoms with van der Waals surface area (Å²) < 4.78 is 23.2. The molecule has 1 amide bonds. The minimum atomic E-state index is -4.60. The molecule has 0 aliphatic carbocycles. The van der Waals surface area contributed by atoms with E-state index in [0.717, 1.165) is 64.2 Å². The van der Waals surface area contributed by atoms with Gasteiger partial charge in [0.1, 0.15) is 13.2 Å². The van der Waals surface area contributed by atoms with Crippen molar-refractivity contribution in [1.82, 2.24) is 5.32 Å². The third-order valence-electron chi connectivity index (χ3n) is 9.76. The van der Waals surface area contributed by atoms with Crippen molar-refractivity contribution in [3.63, 3.8) is 0 Å². The smallest absolute Gasteiger partial charge is 0.268 e. The molecule has 0 spiro atoms. The number of carbonyl (C=O) groups excluding carboxylic acids is 1. The third-order valence-corrected chi connectivity index (χ3v) is 10.7. The molecular weight excluding hydrogens is 707 g/mol. The van der Waals surface area contributed by atoms with E-state index < -0.39 is 26.6 Å².